The lowest BCUT2D eigenvalue weighted by Gasteiger charge is -2.24. The average Bonchev–Trinajstić information content (AvgIpc) is 2.76. The zero-order valence-electron chi connectivity index (χ0n) is 11.9. The molecule has 20 heavy (non-hydrogen) atoms. The highest BCUT2D eigenvalue weighted by Gasteiger charge is 2.14. The summed E-state index contributed by atoms with van der Waals surface area (Å²) in [7, 11) is 1.97. The van der Waals surface area contributed by atoms with Crippen LogP contribution in [0.3, 0.4) is 0 Å². The van der Waals surface area contributed by atoms with Gasteiger partial charge in [-0.2, -0.15) is 11.8 Å². The number of thioether (sulfide) groups is 1. The van der Waals surface area contributed by atoms with Gasteiger partial charge in [0, 0.05) is 36.5 Å². The standard InChI is InChI=1S/C16H21N3S/c1-17-12-13-11-16(19-7-4-9-20-10-8-19)14-5-2-3-6-15(14)18-13/h2-3,5-6,11,17H,4,7-10,12H2,1H3. The van der Waals surface area contributed by atoms with Crippen LogP contribution in [-0.4, -0.2) is 36.6 Å². The van der Waals surface area contributed by atoms with E-state index in [-0.39, 0.29) is 0 Å². The third kappa shape index (κ3) is 2.91. The topological polar surface area (TPSA) is 28.2 Å². The third-order valence-electron chi connectivity index (χ3n) is 3.67. The predicted octanol–water partition coefficient (Wildman–Crippen LogP) is 2.90. The number of fused-ring (bicyclic) bond motifs is 1. The zero-order chi connectivity index (χ0) is 13.8. The Kier molecular flexibility index (Phi) is 4.43. The minimum Gasteiger partial charge on any atom is -0.370 e. The van der Waals surface area contributed by atoms with Crippen LogP contribution < -0.4 is 10.2 Å². The summed E-state index contributed by atoms with van der Waals surface area (Å²) >= 11 is 2.06. The summed E-state index contributed by atoms with van der Waals surface area (Å²) < 4.78 is 0. The fourth-order valence-corrected chi connectivity index (χ4v) is 3.62. The molecule has 2 heterocycles. The highest BCUT2D eigenvalue weighted by Crippen LogP contribution is 2.28. The van der Waals surface area contributed by atoms with Gasteiger partial charge in [0.25, 0.3) is 0 Å². The molecular formula is C16H21N3S. The SMILES string of the molecule is CNCc1cc(N2CCCSCC2)c2ccccc2n1. The van der Waals surface area contributed by atoms with Crippen LogP contribution in [0.25, 0.3) is 10.9 Å². The van der Waals surface area contributed by atoms with E-state index in [9.17, 15) is 0 Å². The van der Waals surface area contributed by atoms with Gasteiger partial charge >= 0.3 is 0 Å². The summed E-state index contributed by atoms with van der Waals surface area (Å²) in [6, 6.07) is 10.7. The molecule has 1 aliphatic rings. The van der Waals surface area contributed by atoms with E-state index in [0.717, 1.165) is 30.8 Å². The number of para-hydroxylation sites is 1. The molecule has 1 saturated heterocycles. The molecule has 3 nitrogen and oxygen atoms in total. The van der Waals surface area contributed by atoms with Crippen molar-refractivity contribution in [1.29, 1.82) is 0 Å². The molecule has 0 radical (unpaired) electrons. The largest absolute Gasteiger partial charge is 0.370 e. The minimum absolute atomic E-state index is 0.820. The van der Waals surface area contributed by atoms with Crippen LogP contribution in [0.1, 0.15) is 12.1 Å². The maximum Gasteiger partial charge on any atom is 0.0726 e. The molecule has 0 atom stereocenters. The van der Waals surface area contributed by atoms with Gasteiger partial charge in [0.15, 0.2) is 0 Å². The molecule has 0 spiro atoms. The number of aromatic nitrogens is 1. The Morgan fingerprint density at radius 2 is 2.15 bits per heavy atom. The van der Waals surface area contributed by atoms with Crippen LogP contribution in [0.15, 0.2) is 30.3 Å². The van der Waals surface area contributed by atoms with Crippen molar-refractivity contribution in [2.45, 2.75) is 13.0 Å². The quantitative estimate of drug-likeness (QED) is 0.939. The second kappa shape index (κ2) is 6.46. The molecule has 0 aliphatic carbocycles. The molecule has 4 heteroatoms. The Labute approximate surface area is 124 Å². The molecule has 3 rings (SSSR count). The van der Waals surface area contributed by atoms with Gasteiger partial charge in [-0.3, -0.25) is 4.98 Å². The van der Waals surface area contributed by atoms with Gasteiger partial charge in [-0.15, -0.1) is 0 Å². The monoisotopic (exact) mass is 287 g/mol. The smallest absolute Gasteiger partial charge is 0.0726 e. The Hall–Kier alpha value is -1.26. The number of rotatable bonds is 3. The number of benzene rings is 1. The lowest BCUT2D eigenvalue weighted by Crippen LogP contribution is -2.26. The van der Waals surface area contributed by atoms with Crippen molar-refractivity contribution in [2.75, 3.05) is 36.5 Å². The molecule has 0 amide bonds. The fraction of sp³-hybridized carbons (Fsp3) is 0.438. The minimum atomic E-state index is 0.820. The average molecular weight is 287 g/mol. The second-order valence-electron chi connectivity index (χ2n) is 5.13. The van der Waals surface area contributed by atoms with Gasteiger partial charge in [0.2, 0.25) is 0 Å². The summed E-state index contributed by atoms with van der Waals surface area (Å²) in [6.07, 6.45) is 1.27. The fourth-order valence-electron chi connectivity index (χ4n) is 2.73. The Morgan fingerprint density at radius 3 is 3.05 bits per heavy atom. The number of nitrogens with zero attached hydrogens (tertiary/aromatic N) is 2. The normalized spacial score (nSPS) is 16.4. The summed E-state index contributed by atoms with van der Waals surface area (Å²) in [4.78, 5) is 7.28. The molecular weight excluding hydrogens is 266 g/mol. The van der Waals surface area contributed by atoms with Crippen LogP contribution >= 0.6 is 11.8 Å². The van der Waals surface area contributed by atoms with Crippen LogP contribution in [0.4, 0.5) is 5.69 Å². The van der Waals surface area contributed by atoms with Crippen molar-refractivity contribution in [3.8, 4) is 0 Å². The lowest BCUT2D eigenvalue weighted by atomic mass is 10.1. The van der Waals surface area contributed by atoms with E-state index in [1.165, 1.54) is 29.0 Å². The molecule has 1 aromatic carbocycles. The summed E-state index contributed by atoms with van der Waals surface area (Å²) in [5, 5.41) is 4.48. The first kappa shape index (κ1) is 13.7. The Bertz CT molecular complexity index is 577. The van der Waals surface area contributed by atoms with Crippen LogP contribution in [-0.2, 0) is 6.54 Å². The zero-order valence-corrected chi connectivity index (χ0v) is 12.7. The molecule has 106 valence electrons. The van der Waals surface area contributed by atoms with Crippen molar-refractivity contribution in [2.24, 2.45) is 0 Å². The van der Waals surface area contributed by atoms with E-state index < -0.39 is 0 Å². The van der Waals surface area contributed by atoms with Crippen molar-refractivity contribution in [3.05, 3.63) is 36.0 Å². The number of pyridine rings is 1. The van der Waals surface area contributed by atoms with Gasteiger partial charge in [0.05, 0.1) is 11.2 Å². The van der Waals surface area contributed by atoms with Crippen molar-refractivity contribution < 1.29 is 0 Å². The second-order valence-corrected chi connectivity index (χ2v) is 6.36. The summed E-state index contributed by atoms with van der Waals surface area (Å²) in [5.41, 5.74) is 3.58. The van der Waals surface area contributed by atoms with Crippen LogP contribution in [0.5, 0.6) is 0 Å². The van der Waals surface area contributed by atoms with E-state index in [1.54, 1.807) is 0 Å². The summed E-state index contributed by atoms with van der Waals surface area (Å²) in [6.45, 7) is 3.11. The maximum absolute atomic E-state index is 4.75. The van der Waals surface area contributed by atoms with Crippen molar-refractivity contribution >= 4 is 28.4 Å². The molecule has 0 bridgehead atoms. The van der Waals surface area contributed by atoms with Crippen molar-refractivity contribution in [3.63, 3.8) is 0 Å². The number of hydrogen-bond acceptors (Lipinski definition) is 4. The van der Waals surface area contributed by atoms with Gasteiger partial charge in [0.1, 0.15) is 0 Å². The molecule has 1 N–H and O–H groups in total. The van der Waals surface area contributed by atoms with Crippen molar-refractivity contribution in [1.82, 2.24) is 10.3 Å². The molecule has 0 unspecified atom stereocenters. The number of nitrogens with one attached hydrogen (secondary N) is 1. The Morgan fingerprint density at radius 1 is 1.25 bits per heavy atom. The van der Waals surface area contributed by atoms with E-state index in [1.807, 2.05) is 7.05 Å². The lowest BCUT2D eigenvalue weighted by molar-refractivity contribution is 0.787. The maximum atomic E-state index is 4.75. The van der Waals surface area contributed by atoms with E-state index in [0.29, 0.717) is 0 Å². The first-order valence-electron chi connectivity index (χ1n) is 7.24. The highest BCUT2D eigenvalue weighted by atomic mass is 32.2. The highest BCUT2D eigenvalue weighted by molar-refractivity contribution is 7.99. The molecule has 2 aromatic rings. The molecule has 0 saturated carbocycles. The van der Waals surface area contributed by atoms with E-state index >= 15 is 0 Å². The third-order valence-corrected chi connectivity index (χ3v) is 4.72. The van der Waals surface area contributed by atoms with Crippen LogP contribution in [0.2, 0.25) is 0 Å². The first-order valence-corrected chi connectivity index (χ1v) is 8.40. The molecule has 1 fully saturated rings. The molecule has 1 aromatic heterocycles. The number of hydrogen-bond donors (Lipinski definition) is 1. The van der Waals surface area contributed by atoms with Gasteiger partial charge in [-0.1, -0.05) is 18.2 Å². The molecule has 1 aliphatic heterocycles. The van der Waals surface area contributed by atoms with Crippen LogP contribution in [0, 0.1) is 0 Å². The van der Waals surface area contributed by atoms with Gasteiger partial charge in [-0.25, -0.2) is 0 Å². The van der Waals surface area contributed by atoms with E-state index in [2.05, 4.69) is 52.3 Å². The number of anilines is 1. The summed E-state index contributed by atoms with van der Waals surface area (Å²) in [5.74, 6) is 2.50. The van der Waals surface area contributed by atoms with E-state index in [4.69, 9.17) is 4.98 Å². The predicted molar refractivity (Wildman–Crippen MR) is 88.7 cm³/mol. The first-order chi connectivity index (χ1) is 9.88. The van der Waals surface area contributed by atoms with Gasteiger partial charge < -0.3 is 10.2 Å². The Balaban J connectivity index is 2.06. The van der Waals surface area contributed by atoms with Gasteiger partial charge in [-0.05, 0) is 31.4 Å².